The molecule has 8 nitrogen and oxygen atoms in total. The lowest BCUT2D eigenvalue weighted by Gasteiger charge is -2.21. The summed E-state index contributed by atoms with van der Waals surface area (Å²) in [6.45, 7) is 6.64. The molecule has 3 aromatic rings. The molecule has 0 bridgehead atoms. The van der Waals surface area contributed by atoms with E-state index in [-0.39, 0.29) is 17.2 Å². The Kier molecular flexibility index (Phi) is 5.44. The van der Waals surface area contributed by atoms with Gasteiger partial charge in [0, 0.05) is 32.1 Å². The Morgan fingerprint density at radius 1 is 1.28 bits per heavy atom. The number of hydrogen-bond acceptors (Lipinski definition) is 6. The van der Waals surface area contributed by atoms with E-state index in [2.05, 4.69) is 39.2 Å². The summed E-state index contributed by atoms with van der Waals surface area (Å²) in [5, 5.41) is 15.5. The van der Waals surface area contributed by atoms with Crippen molar-refractivity contribution in [2.24, 2.45) is 5.92 Å². The normalized spacial score (nSPS) is 15.1. The number of hydrogen-bond donors (Lipinski definition) is 2. The highest BCUT2D eigenvalue weighted by atomic mass is 16.3. The van der Waals surface area contributed by atoms with Gasteiger partial charge in [0.1, 0.15) is 11.4 Å². The van der Waals surface area contributed by atoms with Crippen molar-refractivity contribution in [3.05, 3.63) is 58.0 Å². The van der Waals surface area contributed by atoms with Gasteiger partial charge in [0.25, 0.3) is 5.91 Å². The first-order chi connectivity index (χ1) is 14.0. The average Bonchev–Trinajstić information content (AvgIpc) is 2.95. The molecule has 0 radical (unpaired) electrons. The first-order valence-corrected chi connectivity index (χ1v) is 9.99. The number of fused-ring (bicyclic) bond motifs is 2. The van der Waals surface area contributed by atoms with Crippen molar-refractivity contribution in [1.29, 1.82) is 0 Å². The number of benzene rings is 1. The Hall–Kier alpha value is -3.00. The number of aromatic nitrogens is 3. The third-order valence-electron chi connectivity index (χ3n) is 5.08. The van der Waals surface area contributed by atoms with Crippen LogP contribution < -0.4 is 16.1 Å². The number of carbonyl (C=O) groups excluding carboxylic acids is 1. The summed E-state index contributed by atoms with van der Waals surface area (Å²) in [5.74, 6) is 1.57. The second-order valence-electron chi connectivity index (χ2n) is 7.75. The molecule has 0 fully saturated rings. The lowest BCUT2D eigenvalue weighted by molar-refractivity contribution is 0.0901. The van der Waals surface area contributed by atoms with Gasteiger partial charge in [0.2, 0.25) is 0 Å². The van der Waals surface area contributed by atoms with E-state index < -0.39 is 5.91 Å². The van der Waals surface area contributed by atoms with Crippen molar-refractivity contribution in [2.45, 2.75) is 39.3 Å². The van der Waals surface area contributed by atoms with Gasteiger partial charge in [-0.1, -0.05) is 26.0 Å². The number of nitrogens with zero attached hydrogens (tertiary/aromatic N) is 3. The predicted molar refractivity (Wildman–Crippen MR) is 109 cm³/mol. The van der Waals surface area contributed by atoms with E-state index >= 15 is 0 Å². The molecule has 1 amide bonds. The maximum absolute atomic E-state index is 13.0. The van der Waals surface area contributed by atoms with Crippen LogP contribution in [0.3, 0.4) is 0 Å². The summed E-state index contributed by atoms with van der Waals surface area (Å²) in [7, 11) is 0. The molecule has 4 rings (SSSR count). The van der Waals surface area contributed by atoms with E-state index in [1.807, 2.05) is 0 Å². The first-order valence-electron chi connectivity index (χ1n) is 9.99. The molecule has 29 heavy (non-hydrogen) atoms. The zero-order valence-electron chi connectivity index (χ0n) is 16.6. The largest absolute Gasteiger partial charge is 0.451 e. The highest BCUT2D eigenvalue weighted by Gasteiger charge is 2.26. The lowest BCUT2D eigenvalue weighted by Crippen LogP contribution is -2.32. The van der Waals surface area contributed by atoms with Crippen molar-refractivity contribution >= 4 is 16.9 Å². The zero-order chi connectivity index (χ0) is 20.4. The highest BCUT2D eigenvalue weighted by Crippen LogP contribution is 2.22. The van der Waals surface area contributed by atoms with Crippen molar-refractivity contribution in [3.8, 4) is 0 Å². The topological polar surface area (TPSA) is 102 Å². The SMILES string of the molecule is CC(C)C[C@H](NC(=O)c1cc(=O)c2ccccc2o1)c1nnc2n1CCNCC2. The van der Waals surface area contributed by atoms with Crippen LogP contribution in [0, 0.1) is 5.92 Å². The van der Waals surface area contributed by atoms with Crippen LogP contribution in [0.25, 0.3) is 11.0 Å². The van der Waals surface area contributed by atoms with E-state index in [1.165, 1.54) is 6.07 Å². The van der Waals surface area contributed by atoms with E-state index in [4.69, 9.17) is 4.42 Å². The van der Waals surface area contributed by atoms with Gasteiger partial charge in [-0.2, -0.15) is 0 Å². The van der Waals surface area contributed by atoms with E-state index in [1.54, 1.807) is 24.3 Å². The molecule has 2 aromatic heterocycles. The fraction of sp³-hybridized carbons (Fsp3) is 0.429. The molecule has 8 heteroatoms. The van der Waals surface area contributed by atoms with E-state index in [9.17, 15) is 9.59 Å². The molecular weight excluding hydrogens is 370 g/mol. The molecule has 0 spiro atoms. The molecular formula is C21H25N5O3. The third kappa shape index (κ3) is 4.07. The average molecular weight is 395 g/mol. The molecule has 1 atom stereocenters. The quantitative estimate of drug-likeness (QED) is 0.686. The summed E-state index contributed by atoms with van der Waals surface area (Å²) < 4.78 is 7.78. The number of rotatable bonds is 5. The van der Waals surface area contributed by atoms with Gasteiger partial charge in [-0.05, 0) is 24.5 Å². The smallest absolute Gasteiger partial charge is 0.287 e. The third-order valence-corrected chi connectivity index (χ3v) is 5.08. The van der Waals surface area contributed by atoms with Crippen LogP contribution in [-0.2, 0) is 13.0 Å². The van der Waals surface area contributed by atoms with Crippen LogP contribution in [0.15, 0.2) is 39.5 Å². The Balaban J connectivity index is 1.65. The molecule has 0 unspecified atom stereocenters. The molecule has 152 valence electrons. The first kappa shape index (κ1) is 19.3. The molecule has 1 aromatic carbocycles. The summed E-state index contributed by atoms with van der Waals surface area (Å²) in [6, 6.07) is 7.84. The van der Waals surface area contributed by atoms with Crippen LogP contribution in [0.2, 0.25) is 0 Å². The van der Waals surface area contributed by atoms with Crippen molar-refractivity contribution in [2.75, 3.05) is 13.1 Å². The Morgan fingerprint density at radius 2 is 2.10 bits per heavy atom. The van der Waals surface area contributed by atoms with Gasteiger partial charge in [-0.15, -0.1) is 10.2 Å². The molecule has 1 aliphatic rings. The Morgan fingerprint density at radius 3 is 2.93 bits per heavy atom. The van der Waals surface area contributed by atoms with Crippen LogP contribution in [0.1, 0.15) is 48.5 Å². The van der Waals surface area contributed by atoms with Crippen LogP contribution >= 0.6 is 0 Å². The van der Waals surface area contributed by atoms with Crippen molar-refractivity contribution < 1.29 is 9.21 Å². The summed E-state index contributed by atoms with van der Waals surface area (Å²) >= 11 is 0. The minimum absolute atomic E-state index is 0.000252. The van der Waals surface area contributed by atoms with Gasteiger partial charge in [-0.25, -0.2) is 0 Å². The fourth-order valence-electron chi connectivity index (χ4n) is 3.70. The molecule has 1 aliphatic heterocycles. The zero-order valence-corrected chi connectivity index (χ0v) is 16.6. The number of para-hydroxylation sites is 1. The molecule has 3 heterocycles. The summed E-state index contributed by atoms with van der Waals surface area (Å²) in [6.07, 6.45) is 1.50. The van der Waals surface area contributed by atoms with Gasteiger partial charge in [-0.3, -0.25) is 9.59 Å². The molecule has 0 saturated carbocycles. The van der Waals surface area contributed by atoms with Crippen LogP contribution in [0.4, 0.5) is 0 Å². The van der Waals surface area contributed by atoms with Crippen LogP contribution in [-0.4, -0.2) is 33.8 Å². The fourth-order valence-corrected chi connectivity index (χ4v) is 3.70. The van der Waals surface area contributed by atoms with E-state index in [0.29, 0.717) is 23.3 Å². The second kappa shape index (κ2) is 8.16. The number of nitrogens with one attached hydrogen (secondary N) is 2. The minimum atomic E-state index is -0.428. The van der Waals surface area contributed by atoms with Gasteiger partial charge in [0.15, 0.2) is 17.0 Å². The highest BCUT2D eigenvalue weighted by molar-refractivity contribution is 5.93. The maximum atomic E-state index is 13.0. The standard InChI is InChI=1S/C21H25N5O3/c1-13(2)11-15(20-25-24-19-7-8-22-9-10-26(19)20)23-21(28)18-12-16(27)14-5-3-4-6-17(14)29-18/h3-6,12-13,15,22H,7-11H2,1-2H3,(H,23,28)/t15-/m0/s1. The molecule has 0 saturated heterocycles. The van der Waals surface area contributed by atoms with Gasteiger partial charge in [0.05, 0.1) is 11.4 Å². The van der Waals surface area contributed by atoms with Crippen LogP contribution in [0.5, 0.6) is 0 Å². The number of amides is 1. The van der Waals surface area contributed by atoms with Crippen molar-refractivity contribution in [3.63, 3.8) is 0 Å². The summed E-state index contributed by atoms with van der Waals surface area (Å²) in [5.41, 5.74) is 0.160. The Bertz CT molecular complexity index is 1090. The Labute approximate surface area is 168 Å². The summed E-state index contributed by atoms with van der Waals surface area (Å²) in [4.78, 5) is 25.3. The molecule has 0 aliphatic carbocycles. The minimum Gasteiger partial charge on any atom is -0.451 e. The molecule has 2 N–H and O–H groups in total. The maximum Gasteiger partial charge on any atom is 0.287 e. The predicted octanol–water partition coefficient (Wildman–Crippen LogP) is 2.05. The van der Waals surface area contributed by atoms with Gasteiger partial charge >= 0.3 is 0 Å². The van der Waals surface area contributed by atoms with Gasteiger partial charge < -0.3 is 19.6 Å². The second-order valence-corrected chi connectivity index (χ2v) is 7.75. The van der Waals surface area contributed by atoms with Crippen molar-refractivity contribution in [1.82, 2.24) is 25.4 Å². The monoisotopic (exact) mass is 395 g/mol. The lowest BCUT2D eigenvalue weighted by atomic mass is 10.0. The van der Waals surface area contributed by atoms with E-state index in [0.717, 1.165) is 37.7 Å². The number of carbonyl (C=O) groups is 1.